The number of ether oxygens (including phenoxy) is 1. The second kappa shape index (κ2) is 11.7. The van der Waals surface area contributed by atoms with Crippen LogP contribution in [-0.2, 0) is 19.4 Å². The van der Waals surface area contributed by atoms with Crippen LogP contribution in [0.4, 0.5) is 0 Å². The minimum atomic E-state index is -4.78. The molecule has 1 heterocycles. The molecule has 1 fully saturated rings. The van der Waals surface area contributed by atoms with Gasteiger partial charge in [0.15, 0.2) is 0 Å². The molecule has 0 saturated carbocycles. The molecular weight excluding hydrogens is 410 g/mol. The molecule has 154 valence electrons. The lowest BCUT2D eigenvalue weighted by atomic mass is 10.0. The van der Waals surface area contributed by atoms with Gasteiger partial charge in [-0.1, -0.05) is 23.3 Å². The molecule has 1 aliphatic rings. The summed E-state index contributed by atoms with van der Waals surface area (Å²) in [5.41, 5.74) is -1.11. The molecule has 1 rings (SSSR count). The number of aliphatic hydroxyl groups excluding tert-OH is 4. The molecule has 26 heavy (non-hydrogen) atoms. The Bertz CT molecular complexity index is 543. The molecule has 1 saturated heterocycles. The Morgan fingerprint density at radius 2 is 1.85 bits per heavy atom. The van der Waals surface area contributed by atoms with Crippen LogP contribution >= 0.6 is 23.5 Å². The van der Waals surface area contributed by atoms with Crippen molar-refractivity contribution >= 4 is 39.0 Å². The second-order valence-electron chi connectivity index (χ2n) is 5.61. The average Bonchev–Trinajstić information content (AvgIpc) is 2.58. The molecule has 0 unspecified atom stereocenters. The van der Waals surface area contributed by atoms with E-state index in [-0.39, 0.29) is 5.04 Å². The predicted octanol–water partition coefficient (Wildman–Crippen LogP) is -0.424. The van der Waals surface area contributed by atoms with Gasteiger partial charge in [-0.25, -0.2) is 4.28 Å². The van der Waals surface area contributed by atoms with Gasteiger partial charge in [-0.3, -0.25) is 4.55 Å². The van der Waals surface area contributed by atoms with Gasteiger partial charge >= 0.3 is 10.4 Å². The van der Waals surface area contributed by atoms with Crippen molar-refractivity contribution in [1.82, 2.24) is 0 Å². The highest BCUT2D eigenvalue weighted by molar-refractivity contribution is 8.14. The monoisotopic (exact) mass is 435 g/mol. The lowest BCUT2D eigenvalue weighted by Gasteiger charge is -2.39. The Hall–Kier alpha value is -0.120. The average molecular weight is 436 g/mol. The van der Waals surface area contributed by atoms with Gasteiger partial charge in [-0.2, -0.15) is 20.2 Å². The van der Waals surface area contributed by atoms with Crippen molar-refractivity contribution in [3.05, 3.63) is 0 Å². The van der Waals surface area contributed by atoms with Gasteiger partial charge < -0.3 is 25.2 Å². The zero-order valence-corrected chi connectivity index (χ0v) is 16.6. The summed E-state index contributed by atoms with van der Waals surface area (Å²) >= 11 is 2.50. The van der Waals surface area contributed by atoms with E-state index >= 15 is 0 Å². The van der Waals surface area contributed by atoms with E-state index in [1.165, 1.54) is 0 Å². The Labute approximate surface area is 160 Å². The van der Waals surface area contributed by atoms with E-state index in [0.717, 1.165) is 30.4 Å². The summed E-state index contributed by atoms with van der Waals surface area (Å²) in [6, 6.07) is 0. The molecule has 0 aliphatic carbocycles. The molecule has 0 amide bonds. The molecule has 5 N–H and O–H groups in total. The number of rotatable bonds is 10. The first-order valence-electron chi connectivity index (χ1n) is 7.88. The molecule has 0 radical (unpaired) electrons. The zero-order valence-electron chi connectivity index (χ0n) is 14.2. The summed E-state index contributed by atoms with van der Waals surface area (Å²) in [4.78, 5) is 0. The van der Waals surface area contributed by atoms with Crippen LogP contribution in [0.1, 0.15) is 25.7 Å². The topological polar surface area (TPSA) is 166 Å². The molecule has 1 aliphatic heterocycles. The highest BCUT2D eigenvalue weighted by Crippen LogP contribution is 2.30. The zero-order chi connectivity index (χ0) is 19.7. The van der Waals surface area contributed by atoms with Crippen LogP contribution in [0.25, 0.3) is 0 Å². The summed E-state index contributed by atoms with van der Waals surface area (Å²) < 4.78 is 39.5. The molecule has 0 aromatic rings. The molecular formula is C13H25NO9S3. The van der Waals surface area contributed by atoms with E-state index in [2.05, 4.69) is 9.44 Å². The highest BCUT2D eigenvalue weighted by atomic mass is 32.3. The van der Waals surface area contributed by atoms with E-state index in [1.807, 2.05) is 6.26 Å². The SMILES string of the molecule is CSCCCCC/C(=N/OS(=O)(=O)O)S[C@H]1O[C@@H](CO)[C@H](O)[C@@H](O)[C@H]1O. The summed E-state index contributed by atoms with van der Waals surface area (Å²) in [5, 5.41) is 42.3. The molecule has 10 nitrogen and oxygen atoms in total. The Kier molecular flexibility index (Phi) is 10.7. The van der Waals surface area contributed by atoms with Crippen molar-refractivity contribution in [2.24, 2.45) is 5.16 Å². The Balaban J connectivity index is 2.76. The van der Waals surface area contributed by atoms with Crippen molar-refractivity contribution < 1.29 is 42.4 Å². The van der Waals surface area contributed by atoms with Crippen LogP contribution in [0.15, 0.2) is 5.16 Å². The number of nitrogens with zero attached hydrogens (tertiary/aromatic N) is 1. The van der Waals surface area contributed by atoms with E-state index in [4.69, 9.17) is 9.29 Å². The summed E-state index contributed by atoms with van der Waals surface area (Å²) in [6.45, 7) is -0.579. The molecule has 13 heteroatoms. The molecule has 0 aromatic carbocycles. The quantitative estimate of drug-likeness (QED) is 0.0993. The van der Waals surface area contributed by atoms with Crippen molar-refractivity contribution in [3.63, 3.8) is 0 Å². The number of hydrogen-bond acceptors (Lipinski definition) is 11. The van der Waals surface area contributed by atoms with E-state index in [0.29, 0.717) is 12.8 Å². The minimum Gasteiger partial charge on any atom is -0.394 e. The van der Waals surface area contributed by atoms with Gasteiger partial charge in [0.2, 0.25) is 0 Å². The smallest absolute Gasteiger partial charge is 0.394 e. The molecule has 0 aromatic heterocycles. The normalized spacial score (nSPS) is 30.4. The maximum absolute atomic E-state index is 10.7. The van der Waals surface area contributed by atoms with Crippen molar-refractivity contribution in [3.8, 4) is 0 Å². The third kappa shape index (κ3) is 8.27. The van der Waals surface area contributed by atoms with Crippen LogP contribution in [0.5, 0.6) is 0 Å². The van der Waals surface area contributed by atoms with Crippen molar-refractivity contribution in [2.45, 2.75) is 55.5 Å². The summed E-state index contributed by atoms with van der Waals surface area (Å²) in [5.74, 6) is 0.980. The van der Waals surface area contributed by atoms with Crippen molar-refractivity contribution in [1.29, 1.82) is 0 Å². The first kappa shape index (κ1) is 23.9. The fraction of sp³-hybridized carbons (Fsp3) is 0.923. The second-order valence-corrected chi connectivity index (χ2v) is 8.77. The standard InChI is InChI=1S/C13H25NO9S3/c1-24-6-4-2-3-5-9(14-23-26(19,20)21)25-13-12(18)11(17)10(16)8(7-15)22-13/h8,10-13,15-18H,2-7H2,1H3,(H,19,20,21)/b14-9-/t8-,10-,11+,12+,13+/m0/s1. The molecule has 0 spiro atoms. The van der Waals surface area contributed by atoms with E-state index < -0.39 is 46.9 Å². The van der Waals surface area contributed by atoms with Gasteiger partial charge in [0.25, 0.3) is 0 Å². The lowest BCUT2D eigenvalue weighted by molar-refractivity contribution is -0.205. The Morgan fingerprint density at radius 1 is 1.15 bits per heavy atom. The maximum atomic E-state index is 10.7. The first-order valence-corrected chi connectivity index (χ1v) is 11.5. The third-order valence-electron chi connectivity index (χ3n) is 3.57. The predicted molar refractivity (Wildman–Crippen MR) is 98.3 cm³/mol. The number of hydrogen-bond donors (Lipinski definition) is 5. The summed E-state index contributed by atoms with van der Waals surface area (Å²) in [6.07, 6.45) is -0.887. The van der Waals surface area contributed by atoms with Crippen LogP contribution in [0.2, 0.25) is 0 Å². The van der Waals surface area contributed by atoms with E-state index in [9.17, 15) is 28.8 Å². The number of thioether (sulfide) groups is 2. The molecule has 5 atom stereocenters. The van der Waals surface area contributed by atoms with Gasteiger partial charge in [0, 0.05) is 0 Å². The fourth-order valence-corrected chi connectivity index (χ4v) is 4.05. The van der Waals surface area contributed by atoms with Crippen LogP contribution < -0.4 is 0 Å². The van der Waals surface area contributed by atoms with Crippen LogP contribution in [0, 0.1) is 0 Å². The van der Waals surface area contributed by atoms with Crippen LogP contribution in [0.3, 0.4) is 0 Å². The third-order valence-corrected chi connectivity index (χ3v) is 5.71. The fourth-order valence-electron chi connectivity index (χ4n) is 2.21. The number of unbranched alkanes of at least 4 members (excludes halogenated alkanes) is 2. The number of aliphatic hydroxyl groups is 4. The number of oxime groups is 1. The lowest BCUT2D eigenvalue weighted by Crippen LogP contribution is -2.57. The van der Waals surface area contributed by atoms with Crippen molar-refractivity contribution in [2.75, 3.05) is 18.6 Å². The first-order chi connectivity index (χ1) is 12.2. The summed E-state index contributed by atoms with van der Waals surface area (Å²) in [7, 11) is -4.78. The van der Waals surface area contributed by atoms with Gasteiger partial charge in [0.1, 0.15) is 34.9 Å². The van der Waals surface area contributed by atoms with Gasteiger partial charge in [-0.15, -0.1) is 0 Å². The largest absolute Gasteiger partial charge is 0.466 e. The maximum Gasteiger partial charge on any atom is 0.466 e. The van der Waals surface area contributed by atoms with E-state index in [1.54, 1.807) is 11.8 Å². The van der Waals surface area contributed by atoms with Crippen LogP contribution in [-0.4, -0.2) is 86.9 Å². The van der Waals surface area contributed by atoms with Gasteiger partial charge in [-0.05, 0) is 31.3 Å². The molecule has 0 bridgehead atoms. The Morgan fingerprint density at radius 3 is 2.42 bits per heavy atom. The minimum absolute atomic E-state index is 0.121. The van der Waals surface area contributed by atoms with Gasteiger partial charge in [0.05, 0.1) is 6.61 Å². The highest BCUT2D eigenvalue weighted by Gasteiger charge is 2.44.